The minimum Gasteiger partial charge on any atom is -0.462 e. The first-order valence-electron chi connectivity index (χ1n) is 9.24. The number of aromatic nitrogens is 3. The van der Waals surface area contributed by atoms with Crippen molar-refractivity contribution in [1.29, 1.82) is 0 Å². The molecule has 0 aliphatic carbocycles. The summed E-state index contributed by atoms with van der Waals surface area (Å²) in [7, 11) is 0. The Morgan fingerprint density at radius 2 is 2.14 bits per heavy atom. The molecule has 1 aromatic carbocycles. The van der Waals surface area contributed by atoms with Crippen molar-refractivity contribution in [2.45, 2.75) is 20.8 Å². The van der Waals surface area contributed by atoms with Crippen molar-refractivity contribution in [3.05, 3.63) is 59.8 Å². The standard InChI is InChI=1S/C21H23N5O2S/c1-5-10-22-21(29)25-19-16(20(27)28-6-2)12-23-26(19)17-11-14(4)15-9-7-8-13(3)18(15)24-17/h5,7-9,11-12H,1,6,10H2,2-4H3,(H2,22,25,29). The molecule has 2 aromatic heterocycles. The Balaban J connectivity index is 2.12. The number of pyridine rings is 1. The average molecular weight is 410 g/mol. The lowest BCUT2D eigenvalue weighted by molar-refractivity contribution is 0.0527. The highest BCUT2D eigenvalue weighted by atomic mass is 32.1. The monoisotopic (exact) mass is 409 g/mol. The summed E-state index contributed by atoms with van der Waals surface area (Å²) in [6, 6.07) is 7.98. The van der Waals surface area contributed by atoms with Crippen molar-refractivity contribution in [3.8, 4) is 5.82 Å². The summed E-state index contributed by atoms with van der Waals surface area (Å²) in [5, 5.41) is 11.8. The van der Waals surface area contributed by atoms with Crippen LogP contribution in [0.3, 0.4) is 0 Å². The van der Waals surface area contributed by atoms with Gasteiger partial charge in [0.2, 0.25) is 0 Å². The fourth-order valence-electron chi connectivity index (χ4n) is 2.97. The molecular formula is C21H23N5O2S. The topological polar surface area (TPSA) is 81.1 Å². The highest BCUT2D eigenvalue weighted by Crippen LogP contribution is 2.26. The number of aryl methyl sites for hydroxylation is 2. The van der Waals surface area contributed by atoms with Crippen molar-refractivity contribution < 1.29 is 9.53 Å². The number of thiocarbonyl (C=S) groups is 1. The van der Waals surface area contributed by atoms with Gasteiger partial charge in [0, 0.05) is 11.9 Å². The van der Waals surface area contributed by atoms with Crippen LogP contribution in [0.25, 0.3) is 16.7 Å². The number of anilines is 1. The van der Waals surface area contributed by atoms with Crippen LogP contribution in [0, 0.1) is 13.8 Å². The van der Waals surface area contributed by atoms with Crippen LogP contribution in [0.4, 0.5) is 5.82 Å². The molecular weight excluding hydrogens is 386 g/mol. The molecule has 0 spiro atoms. The van der Waals surface area contributed by atoms with Gasteiger partial charge in [0.1, 0.15) is 5.56 Å². The molecule has 0 aliphatic heterocycles. The number of carbonyl (C=O) groups excluding carboxylic acids is 1. The third kappa shape index (κ3) is 4.27. The van der Waals surface area contributed by atoms with Gasteiger partial charge in [-0.25, -0.2) is 9.78 Å². The maximum Gasteiger partial charge on any atom is 0.343 e. The summed E-state index contributed by atoms with van der Waals surface area (Å²) in [6.45, 7) is 10.2. The quantitative estimate of drug-likeness (QED) is 0.365. The van der Waals surface area contributed by atoms with Crippen LogP contribution in [0.1, 0.15) is 28.4 Å². The van der Waals surface area contributed by atoms with E-state index in [9.17, 15) is 4.79 Å². The van der Waals surface area contributed by atoms with E-state index in [1.165, 1.54) is 6.20 Å². The molecule has 0 atom stereocenters. The van der Waals surface area contributed by atoms with E-state index in [-0.39, 0.29) is 12.2 Å². The number of rotatable bonds is 6. The molecule has 0 radical (unpaired) electrons. The number of hydrogen-bond acceptors (Lipinski definition) is 5. The molecule has 0 bridgehead atoms. The SMILES string of the molecule is C=CCNC(=S)Nc1c(C(=O)OCC)cnn1-c1cc(C)c2cccc(C)c2n1. The minimum atomic E-state index is -0.485. The smallest absolute Gasteiger partial charge is 0.343 e. The van der Waals surface area contributed by atoms with E-state index in [0.717, 1.165) is 22.0 Å². The number of fused-ring (bicyclic) bond motifs is 1. The summed E-state index contributed by atoms with van der Waals surface area (Å²) < 4.78 is 6.72. The number of nitrogens with one attached hydrogen (secondary N) is 2. The zero-order valence-electron chi connectivity index (χ0n) is 16.7. The molecule has 2 heterocycles. The second-order valence-electron chi connectivity index (χ2n) is 6.43. The average Bonchev–Trinajstić information content (AvgIpc) is 3.10. The lowest BCUT2D eigenvalue weighted by atomic mass is 10.1. The summed E-state index contributed by atoms with van der Waals surface area (Å²) in [4.78, 5) is 17.2. The summed E-state index contributed by atoms with van der Waals surface area (Å²) in [6.07, 6.45) is 3.14. The van der Waals surface area contributed by atoms with Crippen molar-refractivity contribution in [2.24, 2.45) is 0 Å². The predicted octanol–water partition coefficient (Wildman–Crippen LogP) is 3.69. The van der Waals surface area contributed by atoms with E-state index >= 15 is 0 Å². The van der Waals surface area contributed by atoms with E-state index < -0.39 is 5.97 Å². The number of benzene rings is 1. The van der Waals surface area contributed by atoms with Gasteiger partial charge >= 0.3 is 5.97 Å². The Bertz CT molecular complexity index is 1090. The van der Waals surface area contributed by atoms with E-state index in [2.05, 4.69) is 22.3 Å². The van der Waals surface area contributed by atoms with Gasteiger partial charge in [0.15, 0.2) is 16.7 Å². The maximum absolute atomic E-state index is 12.4. The second-order valence-corrected chi connectivity index (χ2v) is 6.84. The molecule has 3 rings (SSSR count). The van der Waals surface area contributed by atoms with Crippen molar-refractivity contribution in [1.82, 2.24) is 20.1 Å². The van der Waals surface area contributed by atoms with Crippen LogP contribution in [0.15, 0.2) is 43.1 Å². The van der Waals surface area contributed by atoms with Crippen LogP contribution in [-0.2, 0) is 4.74 Å². The van der Waals surface area contributed by atoms with E-state index in [1.807, 2.05) is 38.1 Å². The fraction of sp³-hybridized carbons (Fsp3) is 0.238. The van der Waals surface area contributed by atoms with Crippen molar-refractivity contribution in [3.63, 3.8) is 0 Å². The Morgan fingerprint density at radius 1 is 1.34 bits per heavy atom. The van der Waals surface area contributed by atoms with E-state index in [0.29, 0.717) is 23.3 Å². The van der Waals surface area contributed by atoms with Gasteiger partial charge in [-0.2, -0.15) is 9.78 Å². The molecule has 29 heavy (non-hydrogen) atoms. The van der Waals surface area contributed by atoms with Crippen LogP contribution < -0.4 is 10.6 Å². The summed E-state index contributed by atoms with van der Waals surface area (Å²) >= 11 is 5.33. The maximum atomic E-state index is 12.4. The first-order valence-corrected chi connectivity index (χ1v) is 9.65. The predicted molar refractivity (Wildman–Crippen MR) is 119 cm³/mol. The molecule has 0 saturated carbocycles. The van der Waals surface area contributed by atoms with Crippen LogP contribution in [-0.4, -0.2) is 39.0 Å². The van der Waals surface area contributed by atoms with Crippen molar-refractivity contribution in [2.75, 3.05) is 18.5 Å². The minimum absolute atomic E-state index is 0.259. The van der Waals surface area contributed by atoms with Gasteiger partial charge in [-0.15, -0.1) is 6.58 Å². The largest absolute Gasteiger partial charge is 0.462 e. The normalized spacial score (nSPS) is 10.6. The van der Waals surface area contributed by atoms with E-state index in [4.69, 9.17) is 21.9 Å². The molecule has 3 aromatic rings. The Hall–Kier alpha value is -3.26. The van der Waals surface area contributed by atoms with Crippen LogP contribution in [0.5, 0.6) is 0 Å². The Morgan fingerprint density at radius 3 is 2.86 bits per heavy atom. The van der Waals surface area contributed by atoms with Crippen LogP contribution >= 0.6 is 12.2 Å². The number of nitrogens with zero attached hydrogens (tertiary/aromatic N) is 3. The molecule has 0 aliphatic rings. The lowest BCUT2D eigenvalue weighted by Gasteiger charge is -2.14. The zero-order valence-corrected chi connectivity index (χ0v) is 17.5. The summed E-state index contributed by atoms with van der Waals surface area (Å²) in [5.74, 6) is 0.486. The zero-order chi connectivity index (χ0) is 21.0. The third-order valence-electron chi connectivity index (χ3n) is 4.36. The van der Waals surface area contributed by atoms with Gasteiger partial charge in [-0.3, -0.25) is 0 Å². The summed E-state index contributed by atoms with van der Waals surface area (Å²) in [5.41, 5.74) is 3.27. The van der Waals surface area contributed by atoms with Gasteiger partial charge in [0.05, 0.1) is 18.3 Å². The number of hydrogen-bond donors (Lipinski definition) is 2. The van der Waals surface area contributed by atoms with Crippen LogP contribution in [0.2, 0.25) is 0 Å². The Kier molecular flexibility index (Phi) is 6.23. The molecule has 7 nitrogen and oxygen atoms in total. The molecule has 0 unspecified atom stereocenters. The number of ether oxygens (including phenoxy) is 1. The van der Waals surface area contributed by atoms with Gasteiger partial charge in [0.25, 0.3) is 0 Å². The second kappa shape index (κ2) is 8.83. The van der Waals surface area contributed by atoms with Gasteiger partial charge in [-0.1, -0.05) is 24.3 Å². The van der Waals surface area contributed by atoms with Crippen molar-refractivity contribution >= 4 is 40.0 Å². The highest BCUT2D eigenvalue weighted by molar-refractivity contribution is 7.80. The lowest BCUT2D eigenvalue weighted by Crippen LogP contribution is -2.30. The number of para-hydroxylation sites is 1. The molecule has 150 valence electrons. The van der Waals surface area contributed by atoms with Gasteiger partial charge in [-0.05, 0) is 50.2 Å². The molecule has 0 fully saturated rings. The fourth-order valence-corrected chi connectivity index (χ4v) is 3.15. The highest BCUT2D eigenvalue weighted by Gasteiger charge is 2.21. The first kappa shape index (κ1) is 20.5. The number of carbonyl (C=O) groups is 1. The van der Waals surface area contributed by atoms with Gasteiger partial charge < -0.3 is 15.4 Å². The Labute approximate surface area is 174 Å². The first-order chi connectivity index (χ1) is 14.0. The molecule has 0 saturated heterocycles. The van der Waals surface area contributed by atoms with E-state index in [1.54, 1.807) is 17.7 Å². The molecule has 8 heteroatoms. The molecule has 2 N–H and O–H groups in total. The number of esters is 1. The molecule has 0 amide bonds. The third-order valence-corrected chi connectivity index (χ3v) is 4.60.